The molecule has 0 spiro atoms. The Morgan fingerprint density at radius 3 is 2.59 bits per heavy atom. The van der Waals surface area contributed by atoms with E-state index in [2.05, 4.69) is 4.99 Å². The van der Waals surface area contributed by atoms with Gasteiger partial charge in [0.2, 0.25) is 0 Å². The molecule has 2 heterocycles. The van der Waals surface area contributed by atoms with Gasteiger partial charge < -0.3 is 19.3 Å². The summed E-state index contributed by atoms with van der Waals surface area (Å²) >= 11 is 3.24. The summed E-state index contributed by atoms with van der Waals surface area (Å²) < 4.78 is 18.9. The van der Waals surface area contributed by atoms with E-state index in [1.54, 1.807) is 32.1 Å². The highest BCUT2D eigenvalue weighted by atomic mass is 127. The summed E-state index contributed by atoms with van der Waals surface area (Å²) in [6, 6.07) is 10.1. The molecule has 1 atom stereocenters. The quantitative estimate of drug-likeness (QED) is 0.313. The SMILES string of the molecule is CCOC(=O)C1=C(C)N=c2sc(=Cc3cc(I)c(O)c(OC)c3)c(=O)n2[C@@H]1c1ccc(OC(C)C)cc1. The highest BCUT2D eigenvalue weighted by Crippen LogP contribution is 2.33. The molecule has 0 fully saturated rings. The first-order valence-electron chi connectivity index (χ1n) is 11.7. The van der Waals surface area contributed by atoms with E-state index in [9.17, 15) is 14.7 Å². The summed E-state index contributed by atoms with van der Waals surface area (Å²) in [4.78, 5) is 31.9. The van der Waals surface area contributed by atoms with Crippen LogP contribution < -0.4 is 24.4 Å². The molecule has 3 aromatic rings. The smallest absolute Gasteiger partial charge is 0.338 e. The predicted octanol–water partition coefficient (Wildman–Crippen LogP) is 3.90. The Morgan fingerprint density at radius 2 is 1.97 bits per heavy atom. The van der Waals surface area contributed by atoms with Crippen LogP contribution in [0.1, 0.15) is 44.9 Å². The van der Waals surface area contributed by atoms with Crippen molar-refractivity contribution in [2.24, 2.45) is 4.99 Å². The van der Waals surface area contributed by atoms with Crippen LogP contribution in [0.3, 0.4) is 0 Å². The van der Waals surface area contributed by atoms with Crippen molar-refractivity contribution in [3.8, 4) is 17.2 Å². The lowest BCUT2D eigenvalue weighted by molar-refractivity contribution is -0.139. The average molecular weight is 634 g/mol. The first-order valence-corrected chi connectivity index (χ1v) is 13.6. The van der Waals surface area contributed by atoms with Gasteiger partial charge in [0.05, 0.1) is 45.2 Å². The maximum Gasteiger partial charge on any atom is 0.338 e. The normalized spacial score (nSPS) is 15.4. The van der Waals surface area contributed by atoms with Crippen molar-refractivity contribution in [1.29, 1.82) is 0 Å². The highest BCUT2D eigenvalue weighted by Gasteiger charge is 2.33. The molecule has 1 aliphatic rings. The van der Waals surface area contributed by atoms with Gasteiger partial charge >= 0.3 is 5.97 Å². The molecule has 194 valence electrons. The lowest BCUT2D eigenvalue weighted by Gasteiger charge is -2.25. The van der Waals surface area contributed by atoms with Gasteiger partial charge in [0.25, 0.3) is 5.56 Å². The van der Waals surface area contributed by atoms with Crippen molar-refractivity contribution in [3.63, 3.8) is 0 Å². The van der Waals surface area contributed by atoms with E-state index in [0.29, 0.717) is 41.2 Å². The molecule has 0 aliphatic carbocycles. The van der Waals surface area contributed by atoms with Crippen LogP contribution in [0.15, 0.2) is 57.5 Å². The lowest BCUT2D eigenvalue weighted by Crippen LogP contribution is -2.39. The number of carbonyl (C=O) groups is 1. The first kappa shape index (κ1) is 26.9. The number of thiazole rings is 1. The molecule has 0 bridgehead atoms. The third kappa shape index (κ3) is 5.45. The maximum absolute atomic E-state index is 13.8. The Balaban J connectivity index is 1.91. The molecule has 2 aromatic carbocycles. The van der Waals surface area contributed by atoms with Crippen molar-refractivity contribution in [3.05, 3.63) is 82.1 Å². The molecular formula is C27H27IN2O6S. The largest absolute Gasteiger partial charge is 0.504 e. The van der Waals surface area contributed by atoms with E-state index in [0.717, 1.165) is 5.56 Å². The van der Waals surface area contributed by atoms with Crippen molar-refractivity contribution in [1.82, 2.24) is 4.57 Å². The summed E-state index contributed by atoms with van der Waals surface area (Å²) in [6.07, 6.45) is 1.75. The number of nitrogens with zero attached hydrogens (tertiary/aromatic N) is 2. The number of methoxy groups -OCH3 is 1. The number of hydrogen-bond acceptors (Lipinski definition) is 8. The minimum Gasteiger partial charge on any atom is -0.504 e. The summed E-state index contributed by atoms with van der Waals surface area (Å²) in [5.74, 6) is 0.540. The number of aromatic hydroxyl groups is 1. The second-order valence-corrected chi connectivity index (χ2v) is 10.8. The number of hydrogen-bond donors (Lipinski definition) is 1. The average Bonchev–Trinajstić information content (AvgIpc) is 3.15. The van der Waals surface area contributed by atoms with E-state index in [1.807, 2.05) is 60.7 Å². The molecule has 1 aliphatic heterocycles. The molecule has 0 saturated carbocycles. The number of phenols is 1. The summed E-state index contributed by atoms with van der Waals surface area (Å²) in [7, 11) is 1.47. The zero-order valence-corrected chi connectivity index (χ0v) is 24.0. The molecule has 0 amide bonds. The third-order valence-electron chi connectivity index (χ3n) is 5.65. The number of aromatic nitrogens is 1. The zero-order chi connectivity index (χ0) is 26.9. The number of allylic oxidation sites excluding steroid dienone is 1. The molecule has 4 rings (SSSR count). The number of rotatable bonds is 7. The molecule has 1 N–H and O–H groups in total. The summed E-state index contributed by atoms with van der Waals surface area (Å²) in [5.41, 5.74) is 1.96. The molecule has 0 saturated heterocycles. The van der Waals surface area contributed by atoms with E-state index in [4.69, 9.17) is 14.2 Å². The number of fused-ring (bicyclic) bond motifs is 1. The molecule has 0 radical (unpaired) electrons. The van der Waals surface area contributed by atoms with E-state index < -0.39 is 12.0 Å². The monoisotopic (exact) mass is 634 g/mol. The van der Waals surface area contributed by atoms with Gasteiger partial charge in [0, 0.05) is 0 Å². The van der Waals surface area contributed by atoms with Crippen molar-refractivity contribution >= 4 is 46.0 Å². The van der Waals surface area contributed by atoms with Crippen LogP contribution in [0, 0.1) is 3.57 Å². The highest BCUT2D eigenvalue weighted by molar-refractivity contribution is 14.1. The van der Waals surface area contributed by atoms with Crippen molar-refractivity contribution in [2.45, 2.75) is 39.8 Å². The van der Waals surface area contributed by atoms with Gasteiger partial charge in [-0.05, 0) is 91.8 Å². The Hall–Kier alpha value is -3.12. The predicted molar refractivity (Wildman–Crippen MR) is 150 cm³/mol. The molecule has 37 heavy (non-hydrogen) atoms. The molecule has 8 nitrogen and oxygen atoms in total. The summed E-state index contributed by atoms with van der Waals surface area (Å²) in [6.45, 7) is 7.58. The summed E-state index contributed by atoms with van der Waals surface area (Å²) in [5, 5.41) is 10.2. The van der Waals surface area contributed by atoms with Gasteiger partial charge in [0.15, 0.2) is 16.3 Å². The fourth-order valence-corrected chi connectivity index (χ4v) is 5.76. The van der Waals surface area contributed by atoms with Gasteiger partial charge in [-0.3, -0.25) is 9.36 Å². The first-order chi connectivity index (χ1) is 17.6. The Bertz CT molecular complexity index is 1550. The maximum atomic E-state index is 13.8. The Kier molecular flexibility index (Phi) is 8.08. The van der Waals surface area contributed by atoms with Gasteiger partial charge in [-0.2, -0.15) is 0 Å². The van der Waals surface area contributed by atoms with Crippen LogP contribution in [0.4, 0.5) is 0 Å². The fourth-order valence-electron chi connectivity index (χ4n) is 4.09. The van der Waals surface area contributed by atoms with Gasteiger partial charge in [-0.25, -0.2) is 9.79 Å². The lowest BCUT2D eigenvalue weighted by atomic mass is 9.96. The van der Waals surface area contributed by atoms with Gasteiger partial charge in [0.1, 0.15) is 5.75 Å². The van der Waals surface area contributed by atoms with Crippen LogP contribution in [-0.4, -0.2) is 35.5 Å². The van der Waals surface area contributed by atoms with Crippen LogP contribution >= 0.6 is 33.9 Å². The molecule has 10 heteroatoms. The fraction of sp³-hybridized carbons (Fsp3) is 0.296. The van der Waals surface area contributed by atoms with Crippen molar-refractivity contribution in [2.75, 3.05) is 13.7 Å². The number of carbonyl (C=O) groups excluding carboxylic acids is 1. The number of ether oxygens (including phenoxy) is 3. The minimum atomic E-state index is -0.708. The zero-order valence-electron chi connectivity index (χ0n) is 21.1. The van der Waals surface area contributed by atoms with Crippen LogP contribution in [0.25, 0.3) is 6.08 Å². The van der Waals surface area contributed by atoms with Crippen molar-refractivity contribution < 1.29 is 24.1 Å². The van der Waals surface area contributed by atoms with E-state index >= 15 is 0 Å². The van der Waals surface area contributed by atoms with E-state index in [1.165, 1.54) is 23.0 Å². The molecule has 0 unspecified atom stereocenters. The topological polar surface area (TPSA) is 99.4 Å². The van der Waals surface area contributed by atoms with E-state index in [-0.39, 0.29) is 24.0 Å². The second-order valence-electron chi connectivity index (χ2n) is 8.59. The standard InChI is InChI=1S/C27H27IN2O6S/c1-6-35-26(33)22-15(4)29-27-30(23(22)17-7-9-18(10-8-17)36-14(2)3)25(32)21(37-27)13-16-11-19(28)24(31)20(12-16)34-5/h7-14,23,31H,6H2,1-5H3/t23-/m1/s1. The Labute approximate surface area is 231 Å². The minimum absolute atomic E-state index is 0.0161. The molecule has 1 aromatic heterocycles. The Morgan fingerprint density at radius 1 is 1.27 bits per heavy atom. The van der Waals surface area contributed by atoms with Crippen LogP contribution in [0.5, 0.6) is 17.2 Å². The van der Waals surface area contributed by atoms with Gasteiger partial charge in [-0.1, -0.05) is 23.5 Å². The number of phenolic OH excluding ortho intramolecular Hbond substituents is 1. The van der Waals surface area contributed by atoms with Crippen LogP contribution in [-0.2, 0) is 9.53 Å². The van der Waals surface area contributed by atoms with Gasteiger partial charge in [-0.15, -0.1) is 0 Å². The number of halogens is 1. The number of benzene rings is 2. The second kappa shape index (κ2) is 11.1. The molecular weight excluding hydrogens is 607 g/mol. The van der Waals surface area contributed by atoms with Crippen LogP contribution in [0.2, 0.25) is 0 Å². The third-order valence-corrected chi connectivity index (χ3v) is 7.46. The number of esters is 1.